The molecule has 0 radical (unpaired) electrons. The first kappa shape index (κ1) is 26.1. The number of nitriles is 1. The molecule has 0 bridgehead atoms. The molecular formula is C29H29BrN2O3. The molecule has 0 saturated heterocycles. The standard InChI is InChI=1S/C29H29BrN2O3/c1-3-21(2)23-9-12-27(13-10-23)34-15-16-35-28-14-11-26(30)18-24(28)17-25(19-31)29(33)32-20-22-7-5-4-6-8-22/h4-14,17-18,21H,3,15-16,20H2,1-2H3,(H,32,33)/b25-17+/t21-/m1/s1. The highest BCUT2D eigenvalue weighted by molar-refractivity contribution is 9.10. The van der Waals surface area contributed by atoms with Crippen LogP contribution in [-0.2, 0) is 11.3 Å². The molecule has 0 spiro atoms. The number of carbonyl (C=O) groups excluding carboxylic acids is 1. The number of amides is 1. The molecule has 0 heterocycles. The molecule has 0 aliphatic rings. The molecule has 3 aromatic carbocycles. The van der Waals surface area contributed by atoms with Crippen molar-refractivity contribution in [2.24, 2.45) is 0 Å². The van der Waals surface area contributed by atoms with Crippen molar-refractivity contribution in [3.05, 3.63) is 99.5 Å². The van der Waals surface area contributed by atoms with E-state index >= 15 is 0 Å². The highest BCUT2D eigenvalue weighted by Gasteiger charge is 2.12. The fourth-order valence-corrected chi connectivity index (χ4v) is 3.76. The van der Waals surface area contributed by atoms with Gasteiger partial charge in [0, 0.05) is 16.6 Å². The van der Waals surface area contributed by atoms with Gasteiger partial charge in [-0.2, -0.15) is 5.26 Å². The van der Waals surface area contributed by atoms with Gasteiger partial charge in [0.2, 0.25) is 0 Å². The maximum Gasteiger partial charge on any atom is 0.262 e. The van der Waals surface area contributed by atoms with E-state index in [0.29, 0.717) is 37.0 Å². The highest BCUT2D eigenvalue weighted by Crippen LogP contribution is 2.26. The zero-order valence-corrected chi connectivity index (χ0v) is 21.5. The summed E-state index contributed by atoms with van der Waals surface area (Å²) >= 11 is 3.45. The van der Waals surface area contributed by atoms with Gasteiger partial charge in [0.05, 0.1) is 0 Å². The summed E-state index contributed by atoms with van der Waals surface area (Å²) in [5.74, 6) is 1.44. The number of hydrogen-bond donors (Lipinski definition) is 1. The van der Waals surface area contributed by atoms with Gasteiger partial charge in [-0.05, 0) is 59.9 Å². The Morgan fingerprint density at radius 1 is 1.06 bits per heavy atom. The summed E-state index contributed by atoms with van der Waals surface area (Å²) < 4.78 is 12.5. The quantitative estimate of drug-likeness (QED) is 0.170. The third-order valence-corrected chi connectivity index (χ3v) is 6.10. The Morgan fingerprint density at radius 3 is 2.46 bits per heavy atom. The van der Waals surface area contributed by atoms with Crippen molar-refractivity contribution in [1.82, 2.24) is 5.32 Å². The predicted octanol–water partition coefficient (Wildman–Crippen LogP) is 6.64. The monoisotopic (exact) mass is 532 g/mol. The van der Waals surface area contributed by atoms with E-state index in [9.17, 15) is 10.1 Å². The molecular weight excluding hydrogens is 504 g/mol. The summed E-state index contributed by atoms with van der Waals surface area (Å²) in [4.78, 5) is 12.6. The average molecular weight is 533 g/mol. The molecule has 1 N–H and O–H groups in total. The lowest BCUT2D eigenvalue weighted by atomic mass is 9.99. The van der Waals surface area contributed by atoms with E-state index in [4.69, 9.17) is 9.47 Å². The van der Waals surface area contributed by atoms with Crippen LogP contribution in [0.25, 0.3) is 6.08 Å². The number of nitrogens with one attached hydrogen (secondary N) is 1. The van der Waals surface area contributed by atoms with Gasteiger partial charge in [-0.1, -0.05) is 72.2 Å². The normalized spacial score (nSPS) is 11.9. The fraction of sp³-hybridized carbons (Fsp3) is 0.241. The number of hydrogen-bond acceptors (Lipinski definition) is 4. The SMILES string of the molecule is CC[C@@H](C)c1ccc(OCCOc2ccc(Br)cc2/C=C(\C#N)C(=O)NCc2ccccc2)cc1. The number of rotatable bonds is 11. The lowest BCUT2D eigenvalue weighted by Crippen LogP contribution is -2.23. The first-order valence-electron chi connectivity index (χ1n) is 11.6. The average Bonchev–Trinajstić information content (AvgIpc) is 2.89. The van der Waals surface area contributed by atoms with E-state index in [1.165, 1.54) is 11.6 Å². The predicted molar refractivity (Wildman–Crippen MR) is 142 cm³/mol. The zero-order chi connectivity index (χ0) is 25.0. The second kappa shape index (κ2) is 13.4. The van der Waals surface area contributed by atoms with Crippen LogP contribution in [0.5, 0.6) is 11.5 Å². The Labute approximate surface area is 215 Å². The second-order valence-corrected chi connectivity index (χ2v) is 9.01. The van der Waals surface area contributed by atoms with Gasteiger partial charge in [-0.3, -0.25) is 4.79 Å². The lowest BCUT2D eigenvalue weighted by molar-refractivity contribution is -0.117. The molecule has 0 saturated carbocycles. The molecule has 0 unspecified atom stereocenters. The van der Waals surface area contributed by atoms with Crippen LogP contribution in [0.4, 0.5) is 0 Å². The molecule has 5 nitrogen and oxygen atoms in total. The minimum absolute atomic E-state index is 0.00142. The molecule has 1 amide bonds. The van der Waals surface area contributed by atoms with Crippen molar-refractivity contribution in [2.45, 2.75) is 32.7 Å². The maximum atomic E-state index is 12.6. The number of halogens is 1. The molecule has 3 aromatic rings. The topological polar surface area (TPSA) is 71.3 Å². The van der Waals surface area contributed by atoms with E-state index in [1.54, 1.807) is 6.07 Å². The van der Waals surface area contributed by atoms with Crippen LogP contribution < -0.4 is 14.8 Å². The summed E-state index contributed by atoms with van der Waals surface area (Å²) in [6.07, 6.45) is 2.63. The Morgan fingerprint density at radius 2 is 1.77 bits per heavy atom. The first-order valence-corrected chi connectivity index (χ1v) is 12.4. The zero-order valence-electron chi connectivity index (χ0n) is 20.0. The van der Waals surface area contributed by atoms with Crippen LogP contribution in [-0.4, -0.2) is 19.1 Å². The van der Waals surface area contributed by atoms with Crippen LogP contribution >= 0.6 is 15.9 Å². The number of ether oxygens (including phenoxy) is 2. The van der Waals surface area contributed by atoms with Crippen LogP contribution in [0, 0.1) is 11.3 Å². The Bertz CT molecular complexity index is 1180. The third kappa shape index (κ3) is 8.01. The summed E-state index contributed by atoms with van der Waals surface area (Å²) in [7, 11) is 0. The summed E-state index contributed by atoms with van der Waals surface area (Å²) in [5, 5.41) is 12.4. The van der Waals surface area contributed by atoms with Crippen LogP contribution in [0.15, 0.2) is 82.8 Å². The van der Waals surface area contributed by atoms with Crippen molar-refractivity contribution in [1.29, 1.82) is 5.26 Å². The van der Waals surface area contributed by atoms with Crippen LogP contribution in [0.1, 0.15) is 42.9 Å². The first-order chi connectivity index (χ1) is 17.0. The van der Waals surface area contributed by atoms with Gasteiger partial charge >= 0.3 is 0 Å². The van der Waals surface area contributed by atoms with E-state index in [1.807, 2.05) is 60.7 Å². The lowest BCUT2D eigenvalue weighted by Gasteiger charge is -2.13. The molecule has 0 aliphatic carbocycles. The maximum absolute atomic E-state index is 12.6. The fourth-order valence-electron chi connectivity index (χ4n) is 3.38. The minimum Gasteiger partial charge on any atom is -0.490 e. The third-order valence-electron chi connectivity index (χ3n) is 5.60. The van der Waals surface area contributed by atoms with E-state index in [-0.39, 0.29) is 5.57 Å². The molecule has 35 heavy (non-hydrogen) atoms. The van der Waals surface area contributed by atoms with Gasteiger partial charge in [-0.15, -0.1) is 0 Å². The number of benzene rings is 3. The van der Waals surface area contributed by atoms with Crippen molar-refractivity contribution in [2.75, 3.05) is 13.2 Å². The van der Waals surface area contributed by atoms with Gasteiger partial charge in [-0.25, -0.2) is 0 Å². The van der Waals surface area contributed by atoms with Gasteiger partial charge in [0.15, 0.2) is 0 Å². The summed E-state index contributed by atoms with van der Waals surface area (Å²) in [6, 6.07) is 25.1. The van der Waals surface area contributed by atoms with E-state index in [0.717, 1.165) is 22.2 Å². The van der Waals surface area contributed by atoms with Gasteiger partial charge in [0.1, 0.15) is 36.4 Å². The minimum atomic E-state index is -0.438. The van der Waals surface area contributed by atoms with Crippen molar-refractivity contribution in [3.63, 3.8) is 0 Å². The molecule has 0 fully saturated rings. The number of carbonyl (C=O) groups is 1. The summed E-state index contributed by atoms with van der Waals surface area (Å²) in [5.41, 5.74) is 2.88. The molecule has 1 atom stereocenters. The Hall–Kier alpha value is -3.56. The molecule has 0 aliphatic heterocycles. The van der Waals surface area contributed by atoms with Crippen molar-refractivity contribution < 1.29 is 14.3 Å². The van der Waals surface area contributed by atoms with Gasteiger partial charge in [0.25, 0.3) is 5.91 Å². The number of nitrogens with zero attached hydrogens (tertiary/aromatic N) is 1. The summed E-state index contributed by atoms with van der Waals surface area (Å²) in [6.45, 7) is 5.41. The van der Waals surface area contributed by atoms with E-state index in [2.05, 4.69) is 47.2 Å². The van der Waals surface area contributed by atoms with Crippen LogP contribution in [0.3, 0.4) is 0 Å². The van der Waals surface area contributed by atoms with Crippen molar-refractivity contribution in [3.8, 4) is 17.6 Å². The molecule has 3 rings (SSSR count). The smallest absolute Gasteiger partial charge is 0.262 e. The van der Waals surface area contributed by atoms with Crippen molar-refractivity contribution >= 4 is 27.9 Å². The second-order valence-electron chi connectivity index (χ2n) is 8.10. The highest BCUT2D eigenvalue weighted by atomic mass is 79.9. The van der Waals surface area contributed by atoms with Crippen LogP contribution in [0.2, 0.25) is 0 Å². The molecule has 0 aromatic heterocycles. The molecule has 180 valence electrons. The Kier molecular flexibility index (Phi) is 9.94. The Balaban J connectivity index is 1.60. The van der Waals surface area contributed by atoms with E-state index < -0.39 is 5.91 Å². The molecule has 6 heteroatoms. The largest absolute Gasteiger partial charge is 0.490 e. The van der Waals surface area contributed by atoms with Gasteiger partial charge < -0.3 is 14.8 Å².